The highest BCUT2D eigenvalue weighted by Gasteiger charge is 2.25. The average molecular weight is 353 g/mol. The van der Waals surface area contributed by atoms with E-state index in [1.165, 1.54) is 23.1 Å². The summed E-state index contributed by atoms with van der Waals surface area (Å²) < 4.78 is 0. The molecule has 2 rings (SSSR count). The van der Waals surface area contributed by atoms with Crippen LogP contribution in [0, 0.1) is 12.3 Å². The average Bonchev–Trinajstić information content (AvgIpc) is 2.53. The molecule has 0 N–H and O–H groups in total. The summed E-state index contributed by atoms with van der Waals surface area (Å²) >= 11 is 0. The van der Waals surface area contributed by atoms with Crippen LogP contribution in [0.2, 0.25) is 0 Å². The minimum absolute atomic E-state index is 0.308. The van der Waals surface area contributed by atoms with E-state index in [2.05, 4.69) is 106 Å². The highest BCUT2D eigenvalue weighted by molar-refractivity contribution is 5.22. The van der Waals surface area contributed by atoms with E-state index in [0.717, 1.165) is 19.6 Å². The first-order chi connectivity index (χ1) is 12.2. The molecular formula is C24H36N2. The van der Waals surface area contributed by atoms with Crippen LogP contribution in [-0.4, -0.2) is 36.5 Å². The van der Waals surface area contributed by atoms with Gasteiger partial charge in [-0.2, -0.15) is 0 Å². The summed E-state index contributed by atoms with van der Waals surface area (Å²) in [6.45, 7) is 12.3. The summed E-state index contributed by atoms with van der Waals surface area (Å²) in [7, 11) is 4.37. The number of aryl methyl sites for hydroxylation is 1. The van der Waals surface area contributed by atoms with Gasteiger partial charge >= 0.3 is 0 Å². The zero-order valence-electron chi connectivity index (χ0n) is 17.5. The van der Waals surface area contributed by atoms with Gasteiger partial charge in [0.15, 0.2) is 0 Å². The molecule has 0 aromatic heterocycles. The van der Waals surface area contributed by atoms with Gasteiger partial charge in [0.1, 0.15) is 0 Å². The van der Waals surface area contributed by atoms with E-state index >= 15 is 0 Å². The molecule has 0 spiro atoms. The van der Waals surface area contributed by atoms with Crippen LogP contribution in [0.1, 0.15) is 43.9 Å². The Bertz CT molecular complexity index is 655. The number of hydrogen-bond acceptors (Lipinski definition) is 2. The lowest BCUT2D eigenvalue weighted by molar-refractivity contribution is 0.108. The Morgan fingerprint density at radius 2 is 1.46 bits per heavy atom. The van der Waals surface area contributed by atoms with Crippen molar-refractivity contribution in [2.45, 2.75) is 53.2 Å². The fourth-order valence-corrected chi connectivity index (χ4v) is 3.61. The van der Waals surface area contributed by atoms with Crippen molar-refractivity contribution in [3.63, 3.8) is 0 Å². The largest absolute Gasteiger partial charge is 0.308 e. The Kier molecular flexibility index (Phi) is 7.43. The van der Waals surface area contributed by atoms with Gasteiger partial charge in [0, 0.05) is 25.7 Å². The van der Waals surface area contributed by atoms with Gasteiger partial charge in [0.05, 0.1) is 0 Å². The molecule has 0 aliphatic rings. The van der Waals surface area contributed by atoms with E-state index < -0.39 is 0 Å². The molecule has 2 nitrogen and oxygen atoms in total. The highest BCUT2D eigenvalue weighted by Crippen LogP contribution is 2.26. The molecule has 0 unspecified atom stereocenters. The molecule has 0 aliphatic carbocycles. The predicted molar refractivity (Wildman–Crippen MR) is 113 cm³/mol. The summed E-state index contributed by atoms with van der Waals surface area (Å²) in [6, 6.07) is 20.3. The Labute approximate surface area is 160 Å². The van der Waals surface area contributed by atoms with Gasteiger partial charge < -0.3 is 4.90 Å². The van der Waals surface area contributed by atoms with Crippen molar-refractivity contribution in [2.75, 3.05) is 20.6 Å². The number of benzene rings is 2. The van der Waals surface area contributed by atoms with Gasteiger partial charge in [-0.3, -0.25) is 4.90 Å². The maximum absolute atomic E-state index is 2.66. The fourth-order valence-electron chi connectivity index (χ4n) is 3.61. The van der Waals surface area contributed by atoms with Gasteiger partial charge in [-0.25, -0.2) is 0 Å². The van der Waals surface area contributed by atoms with E-state index in [1.807, 2.05) is 0 Å². The number of nitrogens with zero attached hydrogens (tertiary/aromatic N) is 2. The Morgan fingerprint density at radius 1 is 0.846 bits per heavy atom. The summed E-state index contributed by atoms with van der Waals surface area (Å²) in [4.78, 5) is 4.99. The van der Waals surface area contributed by atoms with Crippen molar-refractivity contribution in [1.29, 1.82) is 0 Å². The maximum Gasteiger partial charge on any atom is 0.0240 e. The molecule has 0 bridgehead atoms. The van der Waals surface area contributed by atoms with Crippen molar-refractivity contribution < 1.29 is 0 Å². The molecule has 1 atom stereocenters. The van der Waals surface area contributed by atoms with Crippen molar-refractivity contribution >= 4 is 0 Å². The highest BCUT2D eigenvalue weighted by atomic mass is 15.2. The van der Waals surface area contributed by atoms with E-state index in [1.54, 1.807) is 0 Å². The van der Waals surface area contributed by atoms with Crippen LogP contribution >= 0.6 is 0 Å². The Hall–Kier alpha value is -1.64. The second kappa shape index (κ2) is 9.34. The van der Waals surface area contributed by atoms with Crippen LogP contribution in [-0.2, 0) is 13.1 Å². The number of hydrogen-bond donors (Lipinski definition) is 0. The van der Waals surface area contributed by atoms with Crippen LogP contribution in [0.25, 0.3) is 0 Å². The molecule has 0 fully saturated rings. The van der Waals surface area contributed by atoms with Crippen LogP contribution in [0.15, 0.2) is 54.6 Å². The van der Waals surface area contributed by atoms with E-state index in [-0.39, 0.29) is 0 Å². The van der Waals surface area contributed by atoms with Crippen LogP contribution in [0.5, 0.6) is 0 Å². The Balaban J connectivity index is 2.28. The quantitative estimate of drug-likeness (QED) is 0.631. The molecule has 0 aliphatic heterocycles. The van der Waals surface area contributed by atoms with Crippen molar-refractivity contribution in [2.24, 2.45) is 5.41 Å². The van der Waals surface area contributed by atoms with Crippen LogP contribution < -0.4 is 0 Å². The minimum Gasteiger partial charge on any atom is -0.308 e. The maximum atomic E-state index is 2.66. The smallest absolute Gasteiger partial charge is 0.0240 e. The van der Waals surface area contributed by atoms with Gasteiger partial charge in [0.2, 0.25) is 0 Å². The molecule has 2 aromatic rings. The van der Waals surface area contributed by atoms with E-state index in [0.29, 0.717) is 11.5 Å². The van der Waals surface area contributed by atoms with Gasteiger partial charge in [-0.15, -0.1) is 0 Å². The first kappa shape index (κ1) is 20.7. The topological polar surface area (TPSA) is 6.48 Å². The van der Waals surface area contributed by atoms with Gasteiger partial charge in [-0.05, 0) is 44.0 Å². The molecule has 0 amide bonds. The lowest BCUT2D eigenvalue weighted by atomic mass is 9.87. The Morgan fingerprint density at radius 3 is 2.04 bits per heavy atom. The van der Waals surface area contributed by atoms with Crippen molar-refractivity contribution in [3.05, 3.63) is 71.3 Å². The van der Waals surface area contributed by atoms with Crippen molar-refractivity contribution in [1.82, 2.24) is 9.80 Å². The summed E-state index contributed by atoms with van der Waals surface area (Å²) in [5.41, 5.74) is 4.43. The minimum atomic E-state index is 0.308. The summed E-state index contributed by atoms with van der Waals surface area (Å²) in [5, 5.41) is 0. The predicted octanol–water partition coefficient (Wildman–Crippen LogP) is 5.36. The molecule has 0 saturated carbocycles. The molecule has 0 radical (unpaired) electrons. The number of rotatable bonds is 8. The zero-order chi connectivity index (χ0) is 19.2. The summed E-state index contributed by atoms with van der Waals surface area (Å²) in [6.07, 6.45) is 1.18. The van der Waals surface area contributed by atoms with Crippen LogP contribution in [0.4, 0.5) is 0 Å². The van der Waals surface area contributed by atoms with Crippen molar-refractivity contribution in [3.8, 4) is 0 Å². The monoisotopic (exact) mass is 352 g/mol. The van der Waals surface area contributed by atoms with E-state index in [4.69, 9.17) is 0 Å². The van der Waals surface area contributed by atoms with Gasteiger partial charge in [-0.1, -0.05) is 80.9 Å². The lowest BCUT2D eigenvalue weighted by Gasteiger charge is -2.37. The zero-order valence-corrected chi connectivity index (χ0v) is 17.5. The molecule has 2 aromatic carbocycles. The molecule has 0 saturated heterocycles. The third-order valence-electron chi connectivity index (χ3n) is 4.64. The van der Waals surface area contributed by atoms with Gasteiger partial charge in [0.25, 0.3) is 0 Å². The second-order valence-electron chi connectivity index (χ2n) is 9.06. The lowest BCUT2D eigenvalue weighted by Crippen LogP contribution is -2.43. The molecule has 26 heavy (non-hydrogen) atoms. The standard InChI is InChI=1S/C24H36N2/c1-20-11-10-14-22(15-20)18-26(17-21-12-8-7-9-13-21)23(19-25(5)6)16-24(2,3)4/h7-15,23H,16-19H2,1-6H3/t23-/m0/s1. The molecule has 2 heteroatoms. The third kappa shape index (κ3) is 7.31. The third-order valence-corrected chi connectivity index (χ3v) is 4.64. The first-order valence-corrected chi connectivity index (χ1v) is 9.71. The first-order valence-electron chi connectivity index (χ1n) is 9.71. The molecule has 142 valence electrons. The normalized spacial score (nSPS) is 13.4. The summed E-state index contributed by atoms with van der Waals surface area (Å²) in [5.74, 6) is 0. The van der Waals surface area contributed by atoms with E-state index in [9.17, 15) is 0 Å². The molecule has 0 heterocycles. The number of likely N-dealkylation sites (N-methyl/N-ethyl adjacent to an activating group) is 1. The molecular weight excluding hydrogens is 316 g/mol. The van der Waals surface area contributed by atoms with Crippen LogP contribution in [0.3, 0.4) is 0 Å². The SMILES string of the molecule is Cc1cccc(CN(Cc2ccccc2)[C@H](CN(C)C)CC(C)(C)C)c1. The second-order valence-corrected chi connectivity index (χ2v) is 9.06. The fraction of sp³-hybridized carbons (Fsp3) is 0.500.